The molecule has 0 aromatic carbocycles. The smallest absolute Gasteiger partial charge is 1.00 e. The molecular weight excluding hydrogens is 426 g/mol. The van der Waals surface area contributed by atoms with Crippen molar-refractivity contribution in [2.45, 2.75) is 38.5 Å². The van der Waals surface area contributed by atoms with Crippen LogP contribution >= 0.6 is 0 Å². The van der Waals surface area contributed by atoms with Gasteiger partial charge in [-0.25, -0.2) is 12.8 Å². The van der Waals surface area contributed by atoms with E-state index in [-0.39, 0.29) is 51.0 Å². The van der Waals surface area contributed by atoms with Crippen molar-refractivity contribution in [1.82, 2.24) is 0 Å². The molecule has 0 bridgehead atoms. The first kappa shape index (κ1) is 27.6. The van der Waals surface area contributed by atoms with Crippen molar-refractivity contribution in [3.05, 3.63) is 75.3 Å². The minimum absolute atomic E-state index is 0. The largest absolute Gasteiger partial charge is 2.00 e. The first-order valence-electron chi connectivity index (χ1n) is 8.80. The molecule has 0 nitrogen and oxygen atoms in total. The van der Waals surface area contributed by atoms with E-state index in [1.807, 2.05) is 0 Å². The number of halogens is 2. The minimum Gasteiger partial charge on any atom is -1.00 e. The molecule has 0 saturated heterocycles. The molecule has 2 saturated carbocycles. The molecule has 3 heteroatoms. The van der Waals surface area contributed by atoms with Crippen LogP contribution in [0.5, 0.6) is 0 Å². The minimum atomic E-state index is 0. The van der Waals surface area contributed by atoms with Gasteiger partial charge in [-0.05, 0) is 11.8 Å². The molecule has 0 aromatic rings. The molecule has 4 aliphatic carbocycles. The summed E-state index contributed by atoms with van der Waals surface area (Å²) in [4.78, 5) is 0. The summed E-state index contributed by atoms with van der Waals surface area (Å²) in [5.41, 5.74) is 0. The van der Waals surface area contributed by atoms with Crippen molar-refractivity contribution in [3.8, 4) is 0 Å². The molecule has 0 N–H and O–H groups in total. The van der Waals surface area contributed by atoms with Crippen molar-refractivity contribution in [2.75, 3.05) is 0 Å². The third-order valence-corrected chi connectivity index (χ3v) is 4.72. The fraction of sp³-hybridized carbons (Fsp3) is 0.455. The van der Waals surface area contributed by atoms with Gasteiger partial charge in [0.05, 0.1) is 0 Å². The zero-order valence-corrected chi connectivity index (χ0v) is 19.0. The van der Waals surface area contributed by atoms with Crippen molar-refractivity contribution >= 4 is 0 Å². The van der Waals surface area contributed by atoms with Gasteiger partial charge in [0, 0.05) is 0 Å². The summed E-state index contributed by atoms with van der Waals surface area (Å²) in [6.07, 6.45) is 30.0. The Balaban J connectivity index is 0. The molecule has 140 valence electrons. The van der Waals surface area contributed by atoms with Gasteiger partial charge in [0.25, 0.3) is 0 Å². The second kappa shape index (κ2) is 16.6. The predicted octanol–water partition coefficient (Wildman–Crippen LogP) is 0.126. The molecule has 4 rings (SSSR count). The fourth-order valence-corrected chi connectivity index (χ4v) is 3.39. The van der Waals surface area contributed by atoms with Crippen LogP contribution in [0.15, 0.2) is 48.6 Å². The van der Waals surface area contributed by atoms with Gasteiger partial charge in [-0.3, -0.25) is 0 Å². The molecular formula is C22H30Cl2Zr-4. The Morgan fingerprint density at radius 2 is 1.04 bits per heavy atom. The Morgan fingerprint density at radius 1 is 0.680 bits per heavy atom. The number of hydrogen-bond donors (Lipinski definition) is 0. The Bertz CT molecular complexity index is 350. The average molecular weight is 457 g/mol. The van der Waals surface area contributed by atoms with E-state index >= 15 is 0 Å². The second-order valence-electron chi connectivity index (χ2n) is 6.36. The summed E-state index contributed by atoms with van der Waals surface area (Å²) in [6.45, 7) is 7.08. The molecule has 2 fully saturated rings. The fourth-order valence-electron chi connectivity index (χ4n) is 3.39. The summed E-state index contributed by atoms with van der Waals surface area (Å²) in [5.74, 6) is 3.23. The zero-order chi connectivity index (χ0) is 15.6. The van der Waals surface area contributed by atoms with Crippen LogP contribution in [0.25, 0.3) is 0 Å². The van der Waals surface area contributed by atoms with E-state index < -0.39 is 0 Å². The Morgan fingerprint density at radius 3 is 1.36 bits per heavy atom. The summed E-state index contributed by atoms with van der Waals surface area (Å²) < 4.78 is 0. The van der Waals surface area contributed by atoms with Gasteiger partial charge in [0.2, 0.25) is 0 Å². The van der Waals surface area contributed by atoms with Crippen LogP contribution in [0.3, 0.4) is 0 Å². The normalized spacial score (nSPS) is 29.4. The van der Waals surface area contributed by atoms with E-state index in [4.69, 9.17) is 0 Å². The molecule has 4 aliphatic rings. The molecule has 0 aromatic heterocycles. The van der Waals surface area contributed by atoms with Crippen LogP contribution in [0.4, 0.5) is 0 Å². The quantitative estimate of drug-likeness (QED) is 0.492. The number of unbranched alkanes of at least 4 members (excludes halogenated alkanes) is 1. The van der Waals surface area contributed by atoms with Gasteiger partial charge in [0.1, 0.15) is 0 Å². The van der Waals surface area contributed by atoms with E-state index in [1.54, 1.807) is 0 Å². The van der Waals surface area contributed by atoms with Gasteiger partial charge >= 0.3 is 26.2 Å². The summed E-state index contributed by atoms with van der Waals surface area (Å²) in [5, 5.41) is 0. The molecule has 4 unspecified atom stereocenters. The first-order chi connectivity index (χ1) is 10.8. The molecule has 0 heterocycles. The van der Waals surface area contributed by atoms with Crippen molar-refractivity contribution in [3.63, 3.8) is 0 Å². The Labute approximate surface area is 187 Å². The van der Waals surface area contributed by atoms with Crippen LogP contribution in [0, 0.1) is 50.4 Å². The van der Waals surface area contributed by atoms with Gasteiger partial charge in [-0.1, -0.05) is 49.3 Å². The van der Waals surface area contributed by atoms with Gasteiger partial charge in [0.15, 0.2) is 0 Å². The summed E-state index contributed by atoms with van der Waals surface area (Å²) in [7, 11) is 0. The standard InChI is InChI=1S/2C9H11.C4H8.2ClH.Zr/c2*1-2-5-9-7-3-6-8(9)4-1;1-3-4-2;;;/h2*1-2,4-6,8-9H,3,7H2;1-4H2;2*1H;/q2*-1;-2;;;+2/p-2. The molecule has 0 radical (unpaired) electrons. The molecule has 0 amide bonds. The topological polar surface area (TPSA) is 0 Å². The van der Waals surface area contributed by atoms with E-state index in [1.165, 1.54) is 25.7 Å². The van der Waals surface area contributed by atoms with E-state index in [0.29, 0.717) is 0 Å². The number of hydrogen-bond acceptors (Lipinski definition) is 0. The molecule has 0 spiro atoms. The van der Waals surface area contributed by atoms with E-state index in [0.717, 1.165) is 36.5 Å². The van der Waals surface area contributed by atoms with E-state index in [2.05, 4.69) is 75.3 Å². The van der Waals surface area contributed by atoms with Crippen LogP contribution in [-0.2, 0) is 26.2 Å². The second-order valence-corrected chi connectivity index (χ2v) is 6.36. The summed E-state index contributed by atoms with van der Waals surface area (Å²) >= 11 is 0. The van der Waals surface area contributed by atoms with E-state index in [9.17, 15) is 0 Å². The van der Waals surface area contributed by atoms with Crippen molar-refractivity contribution < 1.29 is 51.0 Å². The monoisotopic (exact) mass is 454 g/mol. The Kier molecular flexibility index (Phi) is 18.3. The number of rotatable bonds is 1. The van der Waals surface area contributed by atoms with Crippen LogP contribution < -0.4 is 24.8 Å². The third kappa shape index (κ3) is 9.79. The zero-order valence-electron chi connectivity index (χ0n) is 15.0. The maximum Gasteiger partial charge on any atom is 2.00 e. The van der Waals surface area contributed by atoms with Crippen LogP contribution in [-0.4, -0.2) is 0 Å². The van der Waals surface area contributed by atoms with Crippen LogP contribution in [0.1, 0.15) is 38.5 Å². The molecule has 4 atom stereocenters. The van der Waals surface area contributed by atoms with Crippen molar-refractivity contribution in [1.29, 1.82) is 0 Å². The predicted molar refractivity (Wildman–Crippen MR) is 97.5 cm³/mol. The number of allylic oxidation sites excluding steroid dienone is 8. The van der Waals surface area contributed by atoms with Crippen molar-refractivity contribution in [2.24, 2.45) is 23.7 Å². The van der Waals surface area contributed by atoms with Crippen LogP contribution in [0.2, 0.25) is 0 Å². The van der Waals surface area contributed by atoms with Gasteiger partial charge in [-0.15, -0.1) is 24.0 Å². The maximum atomic E-state index is 3.54. The number of fused-ring (bicyclic) bond motifs is 2. The summed E-state index contributed by atoms with van der Waals surface area (Å²) in [6, 6.07) is 0. The third-order valence-electron chi connectivity index (χ3n) is 4.72. The first-order valence-corrected chi connectivity index (χ1v) is 8.80. The Hall–Kier alpha value is 0.423. The molecule has 0 aliphatic heterocycles. The van der Waals surface area contributed by atoms with Gasteiger partial charge in [-0.2, -0.15) is 12.8 Å². The SMILES string of the molecule is C1=CC2[CH-]CCC2C=C1.C1=CC2[CH-]CCC2C=C1.[CH2-]CC[CH2-].[Cl-].[Cl-].[Zr+2]. The maximum absolute atomic E-state index is 3.54. The average Bonchev–Trinajstić information content (AvgIpc) is 3.24. The van der Waals surface area contributed by atoms with Gasteiger partial charge < -0.3 is 51.5 Å². The molecule has 25 heavy (non-hydrogen) atoms.